The van der Waals surface area contributed by atoms with Crippen LogP contribution in [-0.2, 0) is 11.2 Å². The highest BCUT2D eigenvalue weighted by Gasteiger charge is 2.12. The van der Waals surface area contributed by atoms with Crippen molar-refractivity contribution in [3.8, 4) is 0 Å². The van der Waals surface area contributed by atoms with Crippen LogP contribution in [0.25, 0.3) is 0 Å². The molecule has 2 heteroatoms. The third kappa shape index (κ3) is 3.11. The Bertz CT molecular complexity index is 282. The fraction of sp³-hybridized carbons (Fsp3) is 0.417. The summed E-state index contributed by atoms with van der Waals surface area (Å²) in [4.78, 5) is 0. The molecule has 0 saturated carbocycles. The van der Waals surface area contributed by atoms with Gasteiger partial charge in [0.05, 0.1) is 7.11 Å². The van der Waals surface area contributed by atoms with Crippen molar-refractivity contribution < 1.29 is 4.74 Å². The summed E-state index contributed by atoms with van der Waals surface area (Å²) in [7, 11) is 1.65. The van der Waals surface area contributed by atoms with E-state index in [-0.39, 0.29) is 0 Å². The second-order valence-electron chi connectivity index (χ2n) is 3.32. The molecule has 1 atom stereocenters. The maximum atomic E-state index is 5.15. The maximum absolute atomic E-state index is 5.15. The van der Waals surface area contributed by atoms with E-state index in [1.54, 1.807) is 7.11 Å². The van der Waals surface area contributed by atoms with E-state index >= 15 is 0 Å². The van der Waals surface area contributed by atoms with Gasteiger partial charge in [0.25, 0.3) is 0 Å². The lowest BCUT2D eigenvalue weighted by Gasteiger charge is -2.14. The minimum atomic E-state index is 0.359. The van der Waals surface area contributed by atoms with Crippen LogP contribution in [0.1, 0.15) is 18.9 Å². The number of rotatable bonds is 4. The Hall–Kier alpha value is -0.890. The Labute approximate surface area is 91.1 Å². The Morgan fingerprint density at radius 3 is 2.50 bits per heavy atom. The van der Waals surface area contributed by atoms with E-state index in [9.17, 15) is 0 Å². The zero-order chi connectivity index (χ0) is 10.4. The molecule has 0 aliphatic carbocycles. The molecule has 0 heterocycles. The Morgan fingerprint density at radius 2 is 2.00 bits per heavy atom. The van der Waals surface area contributed by atoms with E-state index in [2.05, 4.69) is 31.2 Å². The van der Waals surface area contributed by atoms with Crippen molar-refractivity contribution in [2.75, 3.05) is 7.11 Å². The topological polar surface area (TPSA) is 9.23 Å². The smallest absolute Gasteiger partial charge is 0.162 e. The minimum Gasteiger partial charge on any atom is -0.490 e. The molecule has 0 N–H and O–H groups in total. The van der Waals surface area contributed by atoms with Crippen molar-refractivity contribution in [1.29, 1.82) is 0 Å². The van der Waals surface area contributed by atoms with Gasteiger partial charge in [-0.1, -0.05) is 37.3 Å². The van der Waals surface area contributed by atoms with Gasteiger partial charge in [0.1, 0.15) is 0 Å². The third-order valence-corrected chi connectivity index (χ3v) is 2.85. The largest absolute Gasteiger partial charge is 0.490 e. The van der Waals surface area contributed by atoms with Gasteiger partial charge in [0.15, 0.2) is 5.05 Å². The molecule has 1 rings (SSSR count). The molecule has 0 radical (unpaired) electrons. The summed E-state index contributed by atoms with van der Waals surface area (Å²) in [6.07, 6.45) is 2.01. The predicted molar refractivity (Wildman–Crippen MR) is 63.5 cm³/mol. The molecule has 14 heavy (non-hydrogen) atoms. The number of thiocarbonyl (C=S) groups is 1. The fourth-order valence-corrected chi connectivity index (χ4v) is 1.71. The monoisotopic (exact) mass is 208 g/mol. The van der Waals surface area contributed by atoms with Crippen molar-refractivity contribution in [2.24, 2.45) is 5.92 Å². The molecule has 1 aromatic rings. The second kappa shape index (κ2) is 5.76. The van der Waals surface area contributed by atoms with Gasteiger partial charge in [-0.3, -0.25) is 0 Å². The van der Waals surface area contributed by atoms with Crippen LogP contribution in [0.3, 0.4) is 0 Å². The highest BCUT2D eigenvalue weighted by atomic mass is 32.1. The summed E-state index contributed by atoms with van der Waals surface area (Å²) in [5, 5.41) is 0.719. The Balaban J connectivity index is 2.62. The second-order valence-corrected chi connectivity index (χ2v) is 3.72. The van der Waals surface area contributed by atoms with Gasteiger partial charge in [-0.05, 0) is 30.6 Å². The maximum Gasteiger partial charge on any atom is 0.162 e. The molecule has 76 valence electrons. The number of hydrogen-bond donors (Lipinski definition) is 0. The van der Waals surface area contributed by atoms with Gasteiger partial charge in [-0.25, -0.2) is 0 Å². The van der Waals surface area contributed by atoms with E-state index in [0.717, 1.165) is 17.9 Å². The standard InChI is InChI=1S/C12H16OS/c1-3-11(12(14)13-2)9-10-7-5-4-6-8-10/h4-8,11H,3,9H2,1-2H3. The van der Waals surface area contributed by atoms with Crippen LogP contribution in [0, 0.1) is 5.92 Å². The molecule has 1 nitrogen and oxygen atoms in total. The summed E-state index contributed by atoms with van der Waals surface area (Å²) in [6.45, 7) is 2.14. The van der Waals surface area contributed by atoms with Gasteiger partial charge >= 0.3 is 0 Å². The normalized spacial score (nSPS) is 12.1. The first-order valence-electron chi connectivity index (χ1n) is 4.89. The van der Waals surface area contributed by atoms with Crippen LogP contribution in [0.5, 0.6) is 0 Å². The molecule has 0 saturated heterocycles. The highest BCUT2D eigenvalue weighted by molar-refractivity contribution is 7.80. The van der Waals surface area contributed by atoms with Crippen LogP contribution in [-0.4, -0.2) is 12.2 Å². The van der Waals surface area contributed by atoms with Crippen molar-refractivity contribution in [3.63, 3.8) is 0 Å². The van der Waals surface area contributed by atoms with E-state index in [1.165, 1.54) is 5.56 Å². The molecule has 0 spiro atoms. The number of ether oxygens (including phenoxy) is 1. The van der Waals surface area contributed by atoms with Crippen LogP contribution < -0.4 is 0 Å². The van der Waals surface area contributed by atoms with Crippen molar-refractivity contribution in [1.82, 2.24) is 0 Å². The van der Waals surface area contributed by atoms with Gasteiger partial charge in [-0.15, -0.1) is 0 Å². The first-order valence-corrected chi connectivity index (χ1v) is 5.30. The van der Waals surface area contributed by atoms with E-state index in [4.69, 9.17) is 17.0 Å². The summed E-state index contributed by atoms with van der Waals surface area (Å²) < 4.78 is 5.11. The van der Waals surface area contributed by atoms with E-state index in [0.29, 0.717) is 5.92 Å². The average molecular weight is 208 g/mol. The molecule has 1 unspecified atom stereocenters. The van der Waals surface area contributed by atoms with Crippen LogP contribution in [0.15, 0.2) is 30.3 Å². The molecule has 1 aromatic carbocycles. The van der Waals surface area contributed by atoms with Crippen LogP contribution in [0.2, 0.25) is 0 Å². The van der Waals surface area contributed by atoms with Gasteiger partial charge in [0.2, 0.25) is 0 Å². The van der Waals surface area contributed by atoms with Crippen molar-refractivity contribution in [3.05, 3.63) is 35.9 Å². The molecular weight excluding hydrogens is 192 g/mol. The van der Waals surface area contributed by atoms with Crippen molar-refractivity contribution in [2.45, 2.75) is 19.8 Å². The first kappa shape index (κ1) is 11.2. The van der Waals surface area contributed by atoms with Crippen LogP contribution in [0.4, 0.5) is 0 Å². The molecule has 0 aliphatic rings. The van der Waals surface area contributed by atoms with Gasteiger partial charge in [-0.2, -0.15) is 0 Å². The lowest BCUT2D eigenvalue weighted by molar-refractivity contribution is 0.374. The van der Waals surface area contributed by atoms with Gasteiger partial charge in [0, 0.05) is 5.92 Å². The summed E-state index contributed by atoms with van der Waals surface area (Å²) >= 11 is 5.15. The highest BCUT2D eigenvalue weighted by Crippen LogP contribution is 2.14. The average Bonchev–Trinajstić information content (AvgIpc) is 2.26. The van der Waals surface area contributed by atoms with Crippen LogP contribution >= 0.6 is 12.2 Å². The molecule has 0 bridgehead atoms. The van der Waals surface area contributed by atoms with E-state index in [1.807, 2.05) is 6.07 Å². The lowest BCUT2D eigenvalue weighted by atomic mass is 9.98. The zero-order valence-electron chi connectivity index (χ0n) is 8.69. The van der Waals surface area contributed by atoms with Gasteiger partial charge < -0.3 is 4.74 Å². The number of methoxy groups -OCH3 is 1. The number of hydrogen-bond acceptors (Lipinski definition) is 2. The lowest BCUT2D eigenvalue weighted by Crippen LogP contribution is -2.15. The predicted octanol–water partition coefficient (Wildman–Crippen LogP) is 3.23. The van der Waals surface area contributed by atoms with Crippen molar-refractivity contribution >= 4 is 17.3 Å². The van der Waals surface area contributed by atoms with E-state index < -0.39 is 0 Å². The molecule has 0 aliphatic heterocycles. The Morgan fingerprint density at radius 1 is 1.36 bits per heavy atom. The SMILES string of the molecule is CCC(Cc1ccccc1)C(=S)OC. The Kier molecular flexibility index (Phi) is 4.60. The fourth-order valence-electron chi connectivity index (χ4n) is 1.46. The summed E-state index contributed by atoms with van der Waals surface area (Å²) in [6, 6.07) is 10.4. The molecule has 0 aromatic heterocycles. The summed E-state index contributed by atoms with van der Waals surface area (Å²) in [5.41, 5.74) is 1.32. The summed E-state index contributed by atoms with van der Waals surface area (Å²) in [5.74, 6) is 0.359. The number of benzene rings is 1. The third-order valence-electron chi connectivity index (χ3n) is 2.35. The molecular formula is C12H16OS. The molecule has 0 amide bonds. The zero-order valence-corrected chi connectivity index (χ0v) is 9.51. The quantitative estimate of drug-likeness (QED) is 0.703. The minimum absolute atomic E-state index is 0.359. The molecule has 0 fully saturated rings. The first-order chi connectivity index (χ1) is 6.77.